The Kier molecular flexibility index (Phi) is 4.44. The number of benzene rings is 1. The van der Waals surface area contributed by atoms with Gasteiger partial charge in [-0.3, -0.25) is 0 Å². The first-order chi connectivity index (χ1) is 9.28. The molecule has 0 aliphatic carbocycles. The molecule has 5 nitrogen and oxygen atoms in total. The van der Waals surface area contributed by atoms with Crippen LogP contribution in [0.4, 0.5) is 0 Å². The molecule has 1 aliphatic heterocycles. The first-order valence-electron chi connectivity index (χ1n) is 6.27. The lowest BCUT2D eigenvalue weighted by atomic mass is 9.97. The van der Waals surface area contributed by atoms with Gasteiger partial charge >= 0.3 is 0 Å². The standard InChI is InChI=1S/C13H18BrNO4S/c1-9-13(2,6-7-19-9)15-20(16,17)10-4-5-12(18-3)11(14)8-10/h4-5,8-9,15H,6-7H2,1-3H3. The molecule has 1 aromatic carbocycles. The van der Waals surface area contributed by atoms with Gasteiger partial charge in [-0.05, 0) is 54.4 Å². The average molecular weight is 364 g/mol. The summed E-state index contributed by atoms with van der Waals surface area (Å²) < 4.78 is 38.8. The van der Waals surface area contributed by atoms with Crippen LogP contribution in [0.3, 0.4) is 0 Å². The molecule has 2 rings (SSSR count). The normalized spacial score (nSPS) is 26.7. The SMILES string of the molecule is COc1ccc(S(=O)(=O)NC2(C)CCOC2C)cc1Br. The van der Waals surface area contributed by atoms with Gasteiger partial charge in [-0.15, -0.1) is 0 Å². The highest BCUT2D eigenvalue weighted by atomic mass is 79.9. The molecule has 1 fully saturated rings. The first-order valence-corrected chi connectivity index (χ1v) is 8.55. The van der Waals surface area contributed by atoms with Crippen molar-refractivity contribution < 1.29 is 17.9 Å². The fraction of sp³-hybridized carbons (Fsp3) is 0.538. The Morgan fingerprint density at radius 1 is 1.50 bits per heavy atom. The zero-order valence-electron chi connectivity index (χ0n) is 11.6. The minimum atomic E-state index is -3.60. The van der Waals surface area contributed by atoms with Gasteiger partial charge in [-0.25, -0.2) is 13.1 Å². The maximum absolute atomic E-state index is 12.5. The first kappa shape index (κ1) is 15.8. The second kappa shape index (κ2) is 5.63. The van der Waals surface area contributed by atoms with Crippen LogP contribution in [0.15, 0.2) is 27.6 Å². The summed E-state index contributed by atoms with van der Waals surface area (Å²) in [5.41, 5.74) is -0.578. The van der Waals surface area contributed by atoms with E-state index in [1.165, 1.54) is 19.2 Å². The minimum absolute atomic E-state index is 0.154. The maximum atomic E-state index is 12.5. The largest absolute Gasteiger partial charge is 0.496 e. The molecule has 20 heavy (non-hydrogen) atoms. The number of rotatable bonds is 4. The molecule has 1 aliphatic rings. The Balaban J connectivity index is 2.29. The van der Waals surface area contributed by atoms with E-state index in [0.717, 1.165) is 0 Å². The highest BCUT2D eigenvalue weighted by Gasteiger charge is 2.40. The molecule has 0 amide bonds. The molecule has 1 saturated heterocycles. The molecule has 0 saturated carbocycles. The van der Waals surface area contributed by atoms with Crippen molar-refractivity contribution in [1.29, 1.82) is 0 Å². The number of hydrogen-bond donors (Lipinski definition) is 1. The van der Waals surface area contributed by atoms with Gasteiger partial charge in [0.05, 0.1) is 28.1 Å². The molecule has 1 aromatic rings. The third-order valence-electron chi connectivity index (χ3n) is 3.69. The fourth-order valence-corrected chi connectivity index (χ4v) is 4.36. The van der Waals surface area contributed by atoms with Crippen molar-refractivity contribution in [2.45, 2.75) is 36.8 Å². The van der Waals surface area contributed by atoms with Crippen LogP contribution in [0, 0.1) is 0 Å². The topological polar surface area (TPSA) is 64.6 Å². The summed E-state index contributed by atoms with van der Waals surface area (Å²) in [6, 6.07) is 4.68. The lowest BCUT2D eigenvalue weighted by Gasteiger charge is -2.28. The zero-order chi connectivity index (χ0) is 15.0. The van der Waals surface area contributed by atoms with Crippen LogP contribution in [0.2, 0.25) is 0 Å². The van der Waals surface area contributed by atoms with Crippen molar-refractivity contribution in [2.75, 3.05) is 13.7 Å². The van der Waals surface area contributed by atoms with E-state index in [-0.39, 0.29) is 11.0 Å². The van der Waals surface area contributed by atoms with Crippen LogP contribution in [0.5, 0.6) is 5.75 Å². The van der Waals surface area contributed by atoms with Gasteiger partial charge < -0.3 is 9.47 Å². The number of methoxy groups -OCH3 is 1. The van der Waals surface area contributed by atoms with Crippen LogP contribution in [-0.2, 0) is 14.8 Å². The Hall–Kier alpha value is -0.630. The molecule has 0 radical (unpaired) electrons. The number of halogens is 1. The second-order valence-corrected chi connectivity index (χ2v) is 7.62. The Labute approximate surface area is 127 Å². The van der Waals surface area contributed by atoms with Crippen molar-refractivity contribution >= 4 is 26.0 Å². The van der Waals surface area contributed by atoms with E-state index in [1.54, 1.807) is 6.07 Å². The molecule has 7 heteroatoms. The Morgan fingerprint density at radius 2 is 2.20 bits per heavy atom. The summed E-state index contributed by atoms with van der Waals surface area (Å²) in [6.45, 7) is 4.30. The highest BCUT2D eigenvalue weighted by Crippen LogP contribution is 2.30. The molecule has 112 valence electrons. The smallest absolute Gasteiger partial charge is 0.241 e. The van der Waals surface area contributed by atoms with Gasteiger partial charge in [0.1, 0.15) is 5.75 Å². The van der Waals surface area contributed by atoms with Gasteiger partial charge in [0.15, 0.2) is 0 Å². The predicted molar refractivity (Wildman–Crippen MR) is 79.5 cm³/mol. The van der Waals surface area contributed by atoms with Crippen molar-refractivity contribution in [3.05, 3.63) is 22.7 Å². The van der Waals surface area contributed by atoms with E-state index in [0.29, 0.717) is 23.2 Å². The quantitative estimate of drug-likeness (QED) is 0.891. The molecule has 2 unspecified atom stereocenters. The summed E-state index contributed by atoms with van der Waals surface area (Å²) in [4.78, 5) is 0.200. The van der Waals surface area contributed by atoms with Crippen molar-refractivity contribution in [1.82, 2.24) is 4.72 Å². The van der Waals surface area contributed by atoms with Gasteiger partial charge in [-0.1, -0.05) is 0 Å². The van der Waals surface area contributed by atoms with Crippen LogP contribution in [0.1, 0.15) is 20.3 Å². The molecule has 1 heterocycles. The maximum Gasteiger partial charge on any atom is 0.241 e. The number of sulfonamides is 1. The van der Waals surface area contributed by atoms with Gasteiger partial charge in [-0.2, -0.15) is 0 Å². The van der Waals surface area contributed by atoms with Gasteiger partial charge in [0, 0.05) is 6.61 Å². The average Bonchev–Trinajstić information content (AvgIpc) is 2.68. The number of hydrogen-bond acceptors (Lipinski definition) is 4. The summed E-state index contributed by atoms with van der Waals surface area (Å²) in [7, 11) is -2.07. The van der Waals surface area contributed by atoms with Crippen LogP contribution in [0.25, 0.3) is 0 Å². The van der Waals surface area contributed by atoms with E-state index in [4.69, 9.17) is 9.47 Å². The van der Waals surface area contributed by atoms with E-state index < -0.39 is 15.6 Å². The van der Waals surface area contributed by atoms with Crippen molar-refractivity contribution in [2.24, 2.45) is 0 Å². The van der Waals surface area contributed by atoms with E-state index in [9.17, 15) is 8.42 Å². The molecule has 1 N–H and O–H groups in total. The zero-order valence-corrected chi connectivity index (χ0v) is 14.0. The molecular formula is C13H18BrNO4S. The monoisotopic (exact) mass is 363 g/mol. The lowest BCUT2D eigenvalue weighted by Crippen LogP contribution is -2.50. The number of ether oxygens (including phenoxy) is 2. The lowest BCUT2D eigenvalue weighted by molar-refractivity contribution is 0.0957. The molecule has 0 bridgehead atoms. The second-order valence-electron chi connectivity index (χ2n) is 5.08. The summed E-state index contributed by atoms with van der Waals surface area (Å²) in [5.74, 6) is 0.590. The minimum Gasteiger partial charge on any atom is -0.496 e. The molecule has 2 atom stereocenters. The number of nitrogens with one attached hydrogen (secondary N) is 1. The summed E-state index contributed by atoms with van der Waals surface area (Å²) in [6.07, 6.45) is 0.504. The Bertz CT molecular complexity index is 604. The highest BCUT2D eigenvalue weighted by molar-refractivity contribution is 9.10. The van der Waals surface area contributed by atoms with Gasteiger partial charge in [0.2, 0.25) is 10.0 Å². The van der Waals surface area contributed by atoms with E-state index in [1.807, 2.05) is 13.8 Å². The molecular weight excluding hydrogens is 346 g/mol. The van der Waals surface area contributed by atoms with Crippen molar-refractivity contribution in [3.8, 4) is 5.75 Å². The van der Waals surface area contributed by atoms with Crippen molar-refractivity contribution in [3.63, 3.8) is 0 Å². The van der Waals surface area contributed by atoms with Crippen LogP contribution < -0.4 is 9.46 Å². The fourth-order valence-electron chi connectivity index (χ4n) is 2.15. The molecule has 0 aromatic heterocycles. The van der Waals surface area contributed by atoms with Crippen LogP contribution >= 0.6 is 15.9 Å². The van der Waals surface area contributed by atoms with Gasteiger partial charge in [0.25, 0.3) is 0 Å². The third-order valence-corrected chi connectivity index (χ3v) is 5.92. The summed E-state index contributed by atoms with van der Waals surface area (Å²) >= 11 is 3.30. The van der Waals surface area contributed by atoms with E-state index in [2.05, 4.69) is 20.7 Å². The summed E-state index contributed by atoms with van der Waals surface area (Å²) in [5, 5.41) is 0. The Morgan fingerprint density at radius 3 is 2.70 bits per heavy atom. The van der Waals surface area contributed by atoms with E-state index >= 15 is 0 Å². The molecule has 0 spiro atoms. The van der Waals surface area contributed by atoms with Crippen LogP contribution in [-0.4, -0.2) is 33.8 Å². The third kappa shape index (κ3) is 3.00. The predicted octanol–water partition coefficient (Wildman–Crippen LogP) is 2.30.